The van der Waals surface area contributed by atoms with Crippen LogP contribution in [0.25, 0.3) is 0 Å². The van der Waals surface area contributed by atoms with Crippen LogP contribution in [0.4, 0.5) is 0 Å². The Labute approximate surface area is 86.8 Å². The summed E-state index contributed by atoms with van der Waals surface area (Å²) in [5.41, 5.74) is 1.55. The third-order valence-corrected chi connectivity index (χ3v) is 3.89. The lowest BCUT2D eigenvalue weighted by atomic mass is 9.96. The summed E-state index contributed by atoms with van der Waals surface area (Å²) >= 11 is 0. The molecule has 0 aromatic rings. The minimum Gasteiger partial charge on any atom is -0.193 e. The first-order valence-electron chi connectivity index (χ1n) is 5.75. The zero-order chi connectivity index (χ0) is 10.2. The molecule has 0 aliphatic heterocycles. The Bertz CT molecular complexity index is 287. The van der Waals surface area contributed by atoms with Gasteiger partial charge < -0.3 is 0 Å². The Morgan fingerprint density at radius 3 is 2.36 bits per heavy atom. The summed E-state index contributed by atoms with van der Waals surface area (Å²) in [6.45, 7) is 4.58. The number of nitrogens with zero attached hydrogens (tertiary/aromatic N) is 1. The van der Waals surface area contributed by atoms with E-state index in [2.05, 4.69) is 26.0 Å². The number of nitriles is 1. The summed E-state index contributed by atoms with van der Waals surface area (Å²) in [4.78, 5) is 0. The van der Waals surface area contributed by atoms with Crippen molar-refractivity contribution in [2.75, 3.05) is 0 Å². The minimum absolute atomic E-state index is 0.473. The van der Waals surface area contributed by atoms with Gasteiger partial charge in [0.1, 0.15) is 0 Å². The van der Waals surface area contributed by atoms with Gasteiger partial charge in [0, 0.05) is 5.57 Å². The van der Waals surface area contributed by atoms with Crippen LogP contribution in [0, 0.1) is 28.6 Å². The smallest absolute Gasteiger partial charge is 0.0946 e. The van der Waals surface area contributed by atoms with Crippen LogP contribution in [0.1, 0.15) is 46.0 Å². The summed E-state index contributed by atoms with van der Waals surface area (Å²) in [7, 11) is 0. The summed E-state index contributed by atoms with van der Waals surface area (Å²) < 4.78 is 0. The SMILES string of the molecule is CC1(C)CC1C=C(C#N)C1CCCC1. The molecule has 0 heterocycles. The van der Waals surface area contributed by atoms with Crippen LogP contribution >= 0.6 is 0 Å². The van der Waals surface area contributed by atoms with Gasteiger partial charge in [-0.25, -0.2) is 0 Å². The Kier molecular flexibility index (Phi) is 2.39. The van der Waals surface area contributed by atoms with E-state index in [4.69, 9.17) is 5.26 Å². The highest BCUT2D eigenvalue weighted by Gasteiger charge is 2.44. The molecule has 1 nitrogen and oxygen atoms in total. The van der Waals surface area contributed by atoms with Gasteiger partial charge in [0.05, 0.1) is 6.07 Å². The van der Waals surface area contributed by atoms with Gasteiger partial charge in [0.15, 0.2) is 0 Å². The van der Waals surface area contributed by atoms with Crippen LogP contribution in [-0.4, -0.2) is 0 Å². The largest absolute Gasteiger partial charge is 0.193 e. The van der Waals surface area contributed by atoms with Crippen molar-refractivity contribution in [2.24, 2.45) is 17.3 Å². The predicted octanol–water partition coefficient (Wildman–Crippen LogP) is 3.67. The first kappa shape index (κ1) is 9.77. The number of allylic oxidation sites excluding steroid dienone is 2. The van der Waals surface area contributed by atoms with E-state index in [-0.39, 0.29) is 0 Å². The fourth-order valence-electron chi connectivity index (χ4n) is 2.51. The molecule has 14 heavy (non-hydrogen) atoms. The molecule has 0 spiro atoms. The Morgan fingerprint density at radius 1 is 1.36 bits per heavy atom. The zero-order valence-corrected chi connectivity index (χ0v) is 9.21. The third-order valence-electron chi connectivity index (χ3n) is 3.89. The van der Waals surface area contributed by atoms with Gasteiger partial charge >= 0.3 is 0 Å². The first-order chi connectivity index (χ1) is 6.63. The van der Waals surface area contributed by atoms with Crippen molar-refractivity contribution >= 4 is 0 Å². The highest BCUT2D eigenvalue weighted by atomic mass is 14.5. The van der Waals surface area contributed by atoms with E-state index in [0.717, 1.165) is 5.57 Å². The molecule has 76 valence electrons. The lowest BCUT2D eigenvalue weighted by Gasteiger charge is -2.07. The fourth-order valence-corrected chi connectivity index (χ4v) is 2.51. The molecular weight excluding hydrogens is 170 g/mol. The first-order valence-corrected chi connectivity index (χ1v) is 5.75. The minimum atomic E-state index is 0.473. The van der Waals surface area contributed by atoms with Gasteiger partial charge in [0.2, 0.25) is 0 Å². The second-order valence-electron chi connectivity index (χ2n) is 5.51. The summed E-state index contributed by atoms with van der Waals surface area (Å²) in [5.74, 6) is 1.27. The maximum absolute atomic E-state index is 9.12. The average Bonchev–Trinajstić information content (AvgIpc) is 2.59. The van der Waals surface area contributed by atoms with Crippen LogP contribution in [0.15, 0.2) is 11.6 Å². The normalized spacial score (nSPS) is 31.5. The molecule has 1 unspecified atom stereocenters. The van der Waals surface area contributed by atoms with E-state index in [1.807, 2.05) is 0 Å². The van der Waals surface area contributed by atoms with Crippen molar-refractivity contribution < 1.29 is 0 Å². The van der Waals surface area contributed by atoms with E-state index in [1.165, 1.54) is 32.1 Å². The quantitative estimate of drug-likeness (QED) is 0.608. The average molecular weight is 189 g/mol. The highest BCUT2D eigenvalue weighted by Crippen LogP contribution is 2.53. The molecule has 0 saturated heterocycles. The van der Waals surface area contributed by atoms with Crippen molar-refractivity contribution in [1.82, 2.24) is 0 Å². The van der Waals surface area contributed by atoms with E-state index in [9.17, 15) is 0 Å². The topological polar surface area (TPSA) is 23.8 Å². The van der Waals surface area contributed by atoms with Gasteiger partial charge in [-0.2, -0.15) is 5.26 Å². The van der Waals surface area contributed by atoms with Gasteiger partial charge in [-0.1, -0.05) is 32.8 Å². The Balaban J connectivity index is 2.03. The summed E-state index contributed by atoms with van der Waals surface area (Å²) in [6, 6.07) is 2.41. The summed E-state index contributed by atoms with van der Waals surface area (Å²) in [5, 5.41) is 9.12. The third kappa shape index (κ3) is 1.85. The van der Waals surface area contributed by atoms with Crippen LogP contribution in [0.5, 0.6) is 0 Å². The van der Waals surface area contributed by atoms with Crippen molar-refractivity contribution in [3.05, 3.63) is 11.6 Å². The molecule has 2 aliphatic rings. The van der Waals surface area contributed by atoms with E-state index < -0.39 is 0 Å². The maximum atomic E-state index is 9.12. The van der Waals surface area contributed by atoms with Crippen molar-refractivity contribution in [1.29, 1.82) is 5.26 Å². The Hall–Kier alpha value is -0.770. The van der Waals surface area contributed by atoms with E-state index >= 15 is 0 Å². The van der Waals surface area contributed by atoms with Gasteiger partial charge in [-0.15, -0.1) is 0 Å². The molecule has 0 amide bonds. The van der Waals surface area contributed by atoms with Gasteiger partial charge in [-0.05, 0) is 36.5 Å². The van der Waals surface area contributed by atoms with Crippen molar-refractivity contribution in [3.8, 4) is 6.07 Å². The zero-order valence-electron chi connectivity index (χ0n) is 9.21. The van der Waals surface area contributed by atoms with Crippen LogP contribution in [0.2, 0.25) is 0 Å². The second-order valence-corrected chi connectivity index (χ2v) is 5.51. The van der Waals surface area contributed by atoms with E-state index in [0.29, 0.717) is 17.3 Å². The van der Waals surface area contributed by atoms with Gasteiger partial charge in [0.25, 0.3) is 0 Å². The number of rotatable bonds is 2. The van der Waals surface area contributed by atoms with Crippen LogP contribution < -0.4 is 0 Å². The molecule has 0 radical (unpaired) electrons. The molecule has 0 aromatic heterocycles. The molecule has 2 rings (SSSR count). The molecule has 0 aromatic carbocycles. The lowest BCUT2D eigenvalue weighted by Crippen LogP contribution is -1.98. The van der Waals surface area contributed by atoms with Crippen LogP contribution in [0.3, 0.4) is 0 Å². The highest BCUT2D eigenvalue weighted by molar-refractivity contribution is 5.28. The maximum Gasteiger partial charge on any atom is 0.0946 e. The van der Waals surface area contributed by atoms with Crippen molar-refractivity contribution in [3.63, 3.8) is 0 Å². The second kappa shape index (κ2) is 3.42. The number of hydrogen-bond acceptors (Lipinski definition) is 1. The molecule has 0 N–H and O–H groups in total. The Morgan fingerprint density at radius 2 is 1.93 bits per heavy atom. The number of hydrogen-bond donors (Lipinski definition) is 0. The van der Waals surface area contributed by atoms with Crippen molar-refractivity contribution in [2.45, 2.75) is 46.0 Å². The summed E-state index contributed by atoms with van der Waals surface area (Å²) in [6.07, 6.45) is 8.65. The molecule has 0 bridgehead atoms. The standard InChI is InChI=1S/C13H19N/c1-13(2)8-12(13)7-11(9-14)10-5-3-4-6-10/h7,10,12H,3-6,8H2,1-2H3. The molecule has 1 heteroatoms. The van der Waals surface area contributed by atoms with E-state index in [1.54, 1.807) is 0 Å². The van der Waals surface area contributed by atoms with Gasteiger partial charge in [-0.3, -0.25) is 0 Å². The molecule has 2 aliphatic carbocycles. The molecule has 2 fully saturated rings. The fraction of sp³-hybridized carbons (Fsp3) is 0.769. The van der Waals surface area contributed by atoms with Crippen LogP contribution in [-0.2, 0) is 0 Å². The molecule has 2 saturated carbocycles. The molecular formula is C13H19N. The predicted molar refractivity (Wildman–Crippen MR) is 57.5 cm³/mol. The monoisotopic (exact) mass is 189 g/mol. The molecule has 1 atom stereocenters. The lowest BCUT2D eigenvalue weighted by molar-refractivity contribution is 0.599.